The van der Waals surface area contributed by atoms with Gasteiger partial charge in [-0.1, -0.05) is 19.1 Å². The van der Waals surface area contributed by atoms with Crippen molar-refractivity contribution in [3.05, 3.63) is 12.2 Å². The number of primary amides is 1. The molecule has 1 unspecified atom stereocenters. The summed E-state index contributed by atoms with van der Waals surface area (Å²) >= 11 is 0. The first-order chi connectivity index (χ1) is 5.57. The number of aliphatic carboxylic acids is 1. The molecule has 3 radical (unpaired) electrons. The molecule has 0 aromatic heterocycles. The minimum absolute atomic E-state index is 0. The normalized spacial score (nSPS) is 12.1. The van der Waals surface area contributed by atoms with Gasteiger partial charge in [-0.2, -0.15) is 0 Å². The van der Waals surface area contributed by atoms with Crippen molar-refractivity contribution >= 4 is 20.3 Å². The summed E-state index contributed by atoms with van der Waals surface area (Å²) in [4.78, 5) is 20.9. The SMILES string of the molecule is CCC=CC(CC(=O)O)C(N)=O.[B]. The van der Waals surface area contributed by atoms with Crippen LogP contribution in [0.3, 0.4) is 0 Å². The van der Waals surface area contributed by atoms with E-state index in [9.17, 15) is 9.59 Å². The Morgan fingerprint density at radius 3 is 2.38 bits per heavy atom. The Morgan fingerprint density at radius 1 is 1.54 bits per heavy atom. The molecule has 1 atom stereocenters. The molecule has 0 heterocycles. The van der Waals surface area contributed by atoms with E-state index in [0.29, 0.717) is 0 Å². The fourth-order valence-electron chi connectivity index (χ4n) is 0.752. The van der Waals surface area contributed by atoms with Crippen LogP contribution in [0, 0.1) is 5.92 Å². The number of carbonyl (C=O) groups is 2. The largest absolute Gasteiger partial charge is 0.481 e. The molecule has 13 heavy (non-hydrogen) atoms. The van der Waals surface area contributed by atoms with Crippen LogP contribution in [0.1, 0.15) is 19.8 Å². The topological polar surface area (TPSA) is 80.4 Å². The van der Waals surface area contributed by atoms with E-state index in [-0.39, 0.29) is 14.8 Å². The number of allylic oxidation sites excluding steroid dienone is 1. The first-order valence-electron chi connectivity index (χ1n) is 3.75. The lowest BCUT2D eigenvalue weighted by molar-refractivity contribution is -0.139. The van der Waals surface area contributed by atoms with Gasteiger partial charge < -0.3 is 10.8 Å². The number of amides is 1. The maximum Gasteiger partial charge on any atom is 0.304 e. The van der Waals surface area contributed by atoms with Crippen LogP contribution in [-0.2, 0) is 9.59 Å². The van der Waals surface area contributed by atoms with E-state index >= 15 is 0 Å². The van der Waals surface area contributed by atoms with Crippen molar-refractivity contribution in [2.75, 3.05) is 0 Å². The second-order valence-electron chi connectivity index (χ2n) is 2.44. The van der Waals surface area contributed by atoms with Gasteiger partial charge in [0.2, 0.25) is 5.91 Å². The van der Waals surface area contributed by atoms with Crippen molar-refractivity contribution in [3.63, 3.8) is 0 Å². The highest BCUT2D eigenvalue weighted by Crippen LogP contribution is 2.04. The summed E-state index contributed by atoms with van der Waals surface area (Å²) in [5.41, 5.74) is 4.97. The molecule has 0 aliphatic carbocycles. The molecule has 0 spiro atoms. The van der Waals surface area contributed by atoms with E-state index in [4.69, 9.17) is 10.8 Å². The summed E-state index contributed by atoms with van der Waals surface area (Å²) in [7, 11) is 0. The average Bonchev–Trinajstić information content (AvgIpc) is 1.96. The Balaban J connectivity index is 0. The molecule has 3 N–H and O–H groups in total. The fourth-order valence-corrected chi connectivity index (χ4v) is 0.752. The van der Waals surface area contributed by atoms with Crippen molar-refractivity contribution in [3.8, 4) is 0 Å². The zero-order valence-corrected chi connectivity index (χ0v) is 7.56. The molecule has 5 heteroatoms. The first-order valence-corrected chi connectivity index (χ1v) is 3.75. The molecule has 1 amide bonds. The summed E-state index contributed by atoms with van der Waals surface area (Å²) in [6.07, 6.45) is 3.81. The Kier molecular flexibility index (Phi) is 8.12. The average molecular weight is 182 g/mol. The van der Waals surface area contributed by atoms with Gasteiger partial charge in [0.05, 0.1) is 12.3 Å². The number of carboxylic acids is 1. The minimum atomic E-state index is -1.01. The molecule has 0 saturated heterocycles. The van der Waals surface area contributed by atoms with Crippen molar-refractivity contribution in [2.45, 2.75) is 19.8 Å². The second-order valence-corrected chi connectivity index (χ2v) is 2.44. The first kappa shape index (κ1) is 14.3. The zero-order valence-electron chi connectivity index (χ0n) is 7.56. The highest BCUT2D eigenvalue weighted by atomic mass is 16.4. The Morgan fingerprint density at radius 2 is 2.08 bits per heavy atom. The predicted molar refractivity (Wildman–Crippen MR) is 50.1 cm³/mol. The molecule has 0 saturated carbocycles. The summed E-state index contributed by atoms with van der Waals surface area (Å²) in [5.74, 6) is -2.29. The molecular formula is C8H13BNO3. The third kappa shape index (κ3) is 7.12. The number of hydrogen-bond acceptors (Lipinski definition) is 2. The van der Waals surface area contributed by atoms with Crippen LogP contribution in [0.4, 0.5) is 0 Å². The third-order valence-corrected chi connectivity index (χ3v) is 1.36. The smallest absolute Gasteiger partial charge is 0.304 e. The molecular weight excluding hydrogens is 169 g/mol. The van der Waals surface area contributed by atoms with Gasteiger partial charge in [0.15, 0.2) is 0 Å². The molecule has 0 aromatic carbocycles. The summed E-state index contributed by atoms with van der Waals surface area (Å²) < 4.78 is 0. The van der Waals surface area contributed by atoms with Crippen molar-refractivity contribution in [1.29, 1.82) is 0 Å². The van der Waals surface area contributed by atoms with Crippen LogP contribution in [-0.4, -0.2) is 25.4 Å². The van der Waals surface area contributed by atoms with Gasteiger partial charge in [-0.05, 0) is 6.42 Å². The molecule has 71 valence electrons. The van der Waals surface area contributed by atoms with Crippen molar-refractivity contribution < 1.29 is 14.7 Å². The lowest BCUT2D eigenvalue weighted by Crippen LogP contribution is -2.23. The molecule has 0 aliphatic heterocycles. The van der Waals surface area contributed by atoms with Gasteiger partial charge in [-0.15, -0.1) is 0 Å². The summed E-state index contributed by atoms with van der Waals surface area (Å²) in [6, 6.07) is 0. The highest BCUT2D eigenvalue weighted by molar-refractivity contribution is 5.83. The van der Waals surface area contributed by atoms with Gasteiger partial charge in [-0.25, -0.2) is 0 Å². The van der Waals surface area contributed by atoms with Crippen molar-refractivity contribution in [1.82, 2.24) is 0 Å². The third-order valence-electron chi connectivity index (χ3n) is 1.36. The van der Waals surface area contributed by atoms with Crippen LogP contribution in [0.15, 0.2) is 12.2 Å². The minimum Gasteiger partial charge on any atom is -0.481 e. The summed E-state index contributed by atoms with van der Waals surface area (Å²) in [5, 5.41) is 8.39. The standard InChI is InChI=1S/C8H13NO3.B/c1-2-3-4-6(8(9)12)5-7(10)11;/h3-4,6H,2,5H2,1H3,(H2,9,12)(H,10,11);. The molecule has 0 bridgehead atoms. The van der Waals surface area contributed by atoms with Gasteiger partial charge in [0.25, 0.3) is 0 Å². The maximum absolute atomic E-state index is 10.6. The maximum atomic E-state index is 10.6. The highest BCUT2D eigenvalue weighted by Gasteiger charge is 2.14. The molecule has 0 fully saturated rings. The van der Waals surface area contributed by atoms with Gasteiger partial charge in [0.1, 0.15) is 0 Å². The molecule has 0 rings (SSSR count). The van der Waals surface area contributed by atoms with E-state index in [1.54, 1.807) is 6.08 Å². The Bertz CT molecular complexity index is 204. The van der Waals surface area contributed by atoms with E-state index in [1.165, 1.54) is 6.08 Å². The number of rotatable bonds is 5. The lowest BCUT2D eigenvalue weighted by atomic mass is 10.0. The van der Waals surface area contributed by atoms with E-state index in [2.05, 4.69) is 0 Å². The van der Waals surface area contributed by atoms with Gasteiger partial charge >= 0.3 is 5.97 Å². The second kappa shape index (κ2) is 7.40. The number of nitrogens with two attached hydrogens (primary N) is 1. The molecule has 0 aliphatic rings. The van der Waals surface area contributed by atoms with E-state index in [1.807, 2.05) is 6.92 Å². The molecule has 4 nitrogen and oxygen atoms in total. The quantitative estimate of drug-likeness (QED) is 0.469. The monoisotopic (exact) mass is 182 g/mol. The van der Waals surface area contributed by atoms with Gasteiger partial charge in [-0.3, -0.25) is 9.59 Å². The zero-order chi connectivity index (χ0) is 9.56. The van der Waals surface area contributed by atoms with Crippen molar-refractivity contribution in [2.24, 2.45) is 11.7 Å². The van der Waals surface area contributed by atoms with Crippen LogP contribution in [0.2, 0.25) is 0 Å². The number of hydrogen-bond donors (Lipinski definition) is 2. The Hall–Kier alpha value is -1.26. The number of carbonyl (C=O) groups excluding carboxylic acids is 1. The number of carboxylic acid groups (broad SMARTS) is 1. The Labute approximate surface area is 79.4 Å². The summed E-state index contributed by atoms with van der Waals surface area (Å²) in [6.45, 7) is 1.90. The van der Waals surface area contributed by atoms with E-state index < -0.39 is 17.8 Å². The molecule has 0 aromatic rings. The predicted octanol–water partition coefficient (Wildman–Crippen LogP) is 0.148. The van der Waals surface area contributed by atoms with Gasteiger partial charge in [0, 0.05) is 8.41 Å². The lowest BCUT2D eigenvalue weighted by Gasteiger charge is -2.03. The van der Waals surface area contributed by atoms with Crippen LogP contribution < -0.4 is 5.73 Å². The van der Waals surface area contributed by atoms with E-state index in [0.717, 1.165) is 6.42 Å². The van der Waals surface area contributed by atoms with Crippen LogP contribution in [0.25, 0.3) is 0 Å². The van der Waals surface area contributed by atoms with Crippen LogP contribution in [0.5, 0.6) is 0 Å². The fraction of sp³-hybridized carbons (Fsp3) is 0.500. The van der Waals surface area contributed by atoms with Crippen LogP contribution >= 0.6 is 0 Å².